The number of guanidine groups is 1. The highest BCUT2D eigenvalue weighted by Gasteiger charge is 2.25. The molecule has 2 heterocycles. The van der Waals surface area contributed by atoms with Gasteiger partial charge in [-0.3, -0.25) is 9.56 Å². The van der Waals surface area contributed by atoms with Gasteiger partial charge in [-0.2, -0.15) is 8.78 Å². The minimum Gasteiger partial charge on any atom is -0.382 e. The molecule has 0 spiro atoms. The fourth-order valence-corrected chi connectivity index (χ4v) is 2.70. The lowest BCUT2D eigenvalue weighted by molar-refractivity contribution is 0.0536. The molecule has 1 atom stereocenters. The van der Waals surface area contributed by atoms with Crippen LogP contribution in [0.25, 0.3) is 0 Å². The largest absolute Gasteiger partial charge is 0.382 e. The third kappa shape index (κ3) is 5.13. The van der Waals surface area contributed by atoms with E-state index in [0.29, 0.717) is 31.7 Å². The van der Waals surface area contributed by atoms with Gasteiger partial charge in [-0.25, -0.2) is 4.98 Å². The van der Waals surface area contributed by atoms with Crippen molar-refractivity contribution in [1.82, 2.24) is 19.8 Å². The smallest absolute Gasteiger partial charge is 0.319 e. The monoisotopic (exact) mass is 345 g/mol. The van der Waals surface area contributed by atoms with Crippen molar-refractivity contribution in [1.29, 1.82) is 0 Å². The van der Waals surface area contributed by atoms with Crippen molar-refractivity contribution in [3.05, 3.63) is 18.2 Å². The van der Waals surface area contributed by atoms with Crippen LogP contribution in [0.5, 0.6) is 0 Å². The number of aliphatic imine (C=N–C) groups is 1. The van der Waals surface area contributed by atoms with Crippen molar-refractivity contribution in [2.75, 3.05) is 47.1 Å². The number of hydrogen-bond acceptors (Lipinski definition) is 4. The number of imidazole rings is 1. The molecule has 1 aliphatic heterocycles. The lowest BCUT2D eigenvalue weighted by atomic mass is 10.1. The Labute approximate surface area is 140 Å². The summed E-state index contributed by atoms with van der Waals surface area (Å²) in [5, 5.41) is 3.10. The first-order chi connectivity index (χ1) is 11.7. The lowest BCUT2D eigenvalue weighted by Gasteiger charge is -2.21. The van der Waals surface area contributed by atoms with E-state index in [0.717, 1.165) is 24.1 Å². The first-order valence-corrected chi connectivity index (χ1v) is 7.97. The van der Waals surface area contributed by atoms with E-state index in [4.69, 9.17) is 9.47 Å². The van der Waals surface area contributed by atoms with Crippen LogP contribution in [0, 0.1) is 5.92 Å². The maximum Gasteiger partial charge on any atom is 0.319 e. The first kappa shape index (κ1) is 18.6. The molecule has 1 aromatic heterocycles. The SMILES string of the molecule is CN=C(NCc1nccn1C(F)F)N1CCC(COCCOC)C1. The fourth-order valence-electron chi connectivity index (χ4n) is 2.70. The molecular formula is C15H25F2N5O2. The van der Waals surface area contributed by atoms with Crippen LogP contribution < -0.4 is 5.32 Å². The average molecular weight is 345 g/mol. The number of alkyl halides is 2. The summed E-state index contributed by atoms with van der Waals surface area (Å²) >= 11 is 0. The Kier molecular flexibility index (Phi) is 7.38. The van der Waals surface area contributed by atoms with Crippen molar-refractivity contribution >= 4 is 5.96 Å². The molecular weight excluding hydrogens is 320 g/mol. The fraction of sp³-hybridized carbons (Fsp3) is 0.733. The maximum atomic E-state index is 12.8. The van der Waals surface area contributed by atoms with Crippen LogP contribution >= 0.6 is 0 Å². The summed E-state index contributed by atoms with van der Waals surface area (Å²) in [5.41, 5.74) is 0. The summed E-state index contributed by atoms with van der Waals surface area (Å²) < 4.78 is 37.0. The second kappa shape index (κ2) is 9.53. The summed E-state index contributed by atoms with van der Waals surface area (Å²) in [6, 6.07) is 0. The van der Waals surface area contributed by atoms with Crippen LogP contribution in [-0.2, 0) is 16.0 Å². The molecule has 1 unspecified atom stereocenters. The van der Waals surface area contributed by atoms with E-state index in [-0.39, 0.29) is 12.4 Å². The van der Waals surface area contributed by atoms with Gasteiger partial charge < -0.3 is 19.7 Å². The number of nitrogens with one attached hydrogen (secondary N) is 1. The predicted molar refractivity (Wildman–Crippen MR) is 86.1 cm³/mol. The van der Waals surface area contributed by atoms with Crippen LogP contribution in [0.4, 0.5) is 8.78 Å². The molecule has 9 heteroatoms. The number of halogens is 2. The summed E-state index contributed by atoms with van der Waals surface area (Å²) in [5.74, 6) is 1.41. The molecule has 0 aromatic carbocycles. The van der Waals surface area contributed by atoms with Gasteiger partial charge in [0.25, 0.3) is 0 Å². The van der Waals surface area contributed by atoms with E-state index in [1.165, 1.54) is 12.4 Å². The highest BCUT2D eigenvalue weighted by Crippen LogP contribution is 2.17. The van der Waals surface area contributed by atoms with E-state index >= 15 is 0 Å². The molecule has 0 bridgehead atoms. The van der Waals surface area contributed by atoms with E-state index in [1.54, 1.807) is 14.2 Å². The van der Waals surface area contributed by atoms with Gasteiger partial charge in [-0.15, -0.1) is 0 Å². The first-order valence-electron chi connectivity index (χ1n) is 7.97. The maximum absolute atomic E-state index is 12.8. The van der Waals surface area contributed by atoms with Gasteiger partial charge in [-0.1, -0.05) is 0 Å². The number of likely N-dealkylation sites (tertiary alicyclic amines) is 1. The van der Waals surface area contributed by atoms with Gasteiger partial charge in [-0.05, 0) is 6.42 Å². The third-order valence-electron chi connectivity index (χ3n) is 3.95. The normalized spacial score (nSPS) is 18.6. The molecule has 2 rings (SSSR count). The number of ether oxygens (including phenoxy) is 2. The second-order valence-corrected chi connectivity index (χ2v) is 5.60. The van der Waals surface area contributed by atoms with Crippen LogP contribution in [0.2, 0.25) is 0 Å². The second-order valence-electron chi connectivity index (χ2n) is 5.60. The molecule has 0 amide bonds. The van der Waals surface area contributed by atoms with Crippen molar-refractivity contribution < 1.29 is 18.3 Å². The highest BCUT2D eigenvalue weighted by molar-refractivity contribution is 5.80. The van der Waals surface area contributed by atoms with Crippen LogP contribution in [-0.4, -0.2) is 67.5 Å². The molecule has 7 nitrogen and oxygen atoms in total. The Bertz CT molecular complexity index is 524. The van der Waals surface area contributed by atoms with Crippen molar-refractivity contribution in [2.24, 2.45) is 10.9 Å². The number of nitrogens with zero attached hydrogens (tertiary/aromatic N) is 4. The molecule has 0 radical (unpaired) electrons. The highest BCUT2D eigenvalue weighted by atomic mass is 19.3. The Morgan fingerprint density at radius 1 is 1.50 bits per heavy atom. The summed E-state index contributed by atoms with van der Waals surface area (Å²) in [4.78, 5) is 10.3. The quantitative estimate of drug-likeness (QED) is 0.438. The number of rotatable bonds is 8. The van der Waals surface area contributed by atoms with E-state index in [9.17, 15) is 8.78 Å². The minimum atomic E-state index is -2.59. The van der Waals surface area contributed by atoms with Gasteiger partial charge in [0, 0.05) is 45.6 Å². The predicted octanol–water partition coefficient (Wildman–Crippen LogP) is 1.34. The Morgan fingerprint density at radius 2 is 2.33 bits per heavy atom. The summed E-state index contributed by atoms with van der Waals surface area (Å²) in [6.07, 6.45) is 3.65. The van der Waals surface area contributed by atoms with Crippen molar-refractivity contribution in [2.45, 2.75) is 19.5 Å². The van der Waals surface area contributed by atoms with E-state index in [1.807, 2.05) is 0 Å². The Morgan fingerprint density at radius 3 is 3.04 bits per heavy atom. The minimum absolute atomic E-state index is 0.204. The standard InChI is InChI=1S/C15H25F2N5O2/c1-18-15(20-9-13-19-4-6-22(13)14(16)17)21-5-3-12(10-21)11-24-8-7-23-2/h4,6,12,14H,3,5,7-11H2,1-2H3,(H,18,20). The van der Waals surface area contributed by atoms with Crippen LogP contribution in [0.15, 0.2) is 17.4 Å². The number of hydrogen-bond donors (Lipinski definition) is 1. The van der Waals surface area contributed by atoms with Gasteiger partial charge in [0.15, 0.2) is 5.96 Å². The summed E-state index contributed by atoms with van der Waals surface area (Å²) in [7, 11) is 3.33. The Hall–Kier alpha value is -1.74. The van der Waals surface area contributed by atoms with E-state index < -0.39 is 6.55 Å². The molecule has 1 saturated heterocycles. The molecule has 1 aromatic rings. The zero-order chi connectivity index (χ0) is 17.4. The molecule has 1 fully saturated rings. The van der Waals surface area contributed by atoms with Gasteiger partial charge in [0.1, 0.15) is 5.82 Å². The van der Waals surface area contributed by atoms with Gasteiger partial charge in [0.2, 0.25) is 0 Å². The number of methoxy groups -OCH3 is 1. The molecule has 1 N–H and O–H groups in total. The van der Waals surface area contributed by atoms with Crippen molar-refractivity contribution in [3.63, 3.8) is 0 Å². The molecule has 0 aliphatic carbocycles. The van der Waals surface area contributed by atoms with Crippen LogP contribution in [0.3, 0.4) is 0 Å². The third-order valence-corrected chi connectivity index (χ3v) is 3.95. The zero-order valence-corrected chi connectivity index (χ0v) is 14.1. The molecule has 0 saturated carbocycles. The van der Waals surface area contributed by atoms with Crippen LogP contribution in [0.1, 0.15) is 18.8 Å². The Balaban J connectivity index is 1.79. The van der Waals surface area contributed by atoms with E-state index in [2.05, 4.69) is 20.2 Å². The summed E-state index contributed by atoms with van der Waals surface area (Å²) in [6.45, 7) is 1.18. The zero-order valence-electron chi connectivity index (χ0n) is 14.1. The van der Waals surface area contributed by atoms with Gasteiger partial charge in [0.05, 0.1) is 26.4 Å². The molecule has 1 aliphatic rings. The van der Waals surface area contributed by atoms with Gasteiger partial charge >= 0.3 is 6.55 Å². The lowest BCUT2D eigenvalue weighted by Crippen LogP contribution is -2.40. The topological polar surface area (TPSA) is 63.9 Å². The number of aromatic nitrogens is 2. The average Bonchev–Trinajstić information content (AvgIpc) is 3.22. The molecule has 136 valence electrons. The van der Waals surface area contributed by atoms with Crippen molar-refractivity contribution in [3.8, 4) is 0 Å². The molecule has 24 heavy (non-hydrogen) atoms.